The normalized spacial score (nSPS) is 11.0. The Morgan fingerprint density at radius 2 is 2.15 bits per heavy atom. The van der Waals surface area contributed by atoms with Crippen molar-refractivity contribution in [2.75, 3.05) is 6.61 Å². The third kappa shape index (κ3) is 5.20. The first kappa shape index (κ1) is 17.1. The Kier molecular flexibility index (Phi) is 6.13. The summed E-state index contributed by atoms with van der Waals surface area (Å²) in [6.45, 7) is 1.85. The Balaban J connectivity index is 3.11. The summed E-state index contributed by atoms with van der Waals surface area (Å²) in [5.74, 6) is -0.516. The highest BCUT2D eigenvalue weighted by atomic mass is 127. The number of nitriles is 1. The number of carbonyl (C=O) groups excluding carboxylic acids is 1. The second-order valence-corrected chi connectivity index (χ2v) is 5.85. The molecule has 1 aromatic carbocycles. The van der Waals surface area contributed by atoms with Crippen LogP contribution in [-0.4, -0.2) is 18.1 Å². The van der Waals surface area contributed by atoms with Crippen LogP contribution in [0.15, 0.2) is 17.0 Å². The third-order valence-electron chi connectivity index (χ3n) is 2.13. The predicted molar refractivity (Wildman–Crippen MR) is 76.1 cm³/mol. The summed E-state index contributed by atoms with van der Waals surface area (Å²) >= 11 is 1.51. The van der Waals surface area contributed by atoms with Gasteiger partial charge in [-0.1, -0.05) is 0 Å². The average molecular weight is 415 g/mol. The van der Waals surface area contributed by atoms with Crippen LogP contribution in [0.5, 0.6) is 0 Å². The van der Waals surface area contributed by atoms with Crippen LogP contribution < -0.4 is 0 Å². The van der Waals surface area contributed by atoms with Crippen LogP contribution in [0.4, 0.5) is 13.2 Å². The van der Waals surface area contributed by atoms with E-state index in [9.17, 15) is 18.0 Å². The van der Waals surface area contributed by atoms with Crippen LogP contribution in [0.1, 0.15) is 18.1 Å². The summed E-state index contributed by atoms with van der Waals surface area (Å²) in [5.41, 5.74) is -4.14. The van der Waals surface area contributed by atoms with Gasteiger partial charge in [0.2, 0.25) is 0 Å². The van der Waals surface area contributed by atoms with Crippen molar-refractivity contribution in [2.24, 2.45) is 0 Å². The minimum atomic E-state index is -4.49. The Labute approximate surface area is 131 Å². The molecule has 20 heavy (non-hydrogen) atoms. The molecule has 0 saturated carbocycles. The summed E-state index contributed by atoms with van der Waals surface area (Å²) in [7, 11) is 0. The van der Waals surface area contributed by atoms with Gasteiger partial charge in [0.25, 0.3) is 0 Å². The minimum Gasteiger partial charge on any atom is -0.466 e. The average Bonchev–Trinajstić information content (AvgIpc) is 2.31. The van der Waals surface area contributed by atoms with E-state index in [2.05, 4.69) is 0 Å². The molecule has 0 heterocycles. The second-order valence-electron chi connectivity index (χ2n) is 3.58. The van der Waals surface area contributed by atoms with Crippen molar-refractivity contribution in [3.8, 4) is 6.07 Å². The monoisotopic (exact) mass is 415 g/mol. The number of nitrogens with zero attached hydrogens (tertiary/aromatic N) is 1. The standard InChI is InChI=1S/C12H9F3INO2S/c1-2-19-11(18)5-7-4-10(20-12(13,14)15)8(6-17)3-9(7)16/h3-4H,2,5H2,1H3. The number of ether oxygens (including phenoxy) is 1. The van der Waals surface area contributed by atoms with E-state index in [-0.39, 0.29) is 35.2 Å². The Hall–Kier alpha value is -0.950. The summed E-state index contributed by atoms with van der Waals surface area (Å²) in [6, 6.07) is 4.28. The van der Waals surface area contributed by atoms with Gasteiger partial charge in [-0.25, -0.2) is 0 Å². The van der Waals surface area contributed by atoms with Crippen molar-refractivity contribution < 1.29 is 22.7 Å². The lowest BCUT2D eigenvalue weighted by atomic mass is 10.1. The fourth-order valence-corrected chi connectivity index (χ4v) is 2.72. The highest BCUT2D eigenvalue weighted by Gasteiger charge is 2.31. The first-order valence-corrected chi connectivity index (χ1v) is 7.30. The van der Waals surface area contributed by atoms with Gasteiger partial charge in [0, 0.05) is 8.47 Å². The zero-order valence-corrected chi connectivity index (χ0v) is 13.2. The van der Waals surface area contributed by atoms with E-state index in [0.29, 0.717) is 9.13 Å². The van der Waals surface area contributed by atoms with E-state index >= 15 is 0 Å². The van der Waals surface area contributed by atoms with Gasteiger partial charge in [0.1, 0.15) is 6.07 Å². The van der Waals surface area contributed by atoms with Crippen LogP contribution in [0.25, 0.3) is 0 Å². The number of benzene rings is 1. The molecule has 3 nitrogen and oxygen atoms in total. The van der Waals surface area contributed by atoms with Crippen molar-refractivity contribution in [3.05, 3.63) is 26.8 Å². The summed E-state index contributed by atoms with van der Waals surface area (Å²) in [4.78, 5) is 11.2. The topological polar surface area (TPSA) is 50.1 Å². The van der Waals surface area contributed by atoms with E-state index < -0.39 is 11.5 Å². The smallest absolute Gasteiger partial charge is 0.446 e. The van der Waals surface area contributed by atoms with Gasteiger partial charge >= 0.3 is 11.5 Å². The van der Waals surface area contributed by atoms with Crippen LogP contribution >= 0.6 is 34.4 Å². The molecule has 0 atom stereocenters. The fraction of sp³-hybridized carbons (Fsp3) is 0.333. The number of halogens is 4. The van der Waals surface area contributed by atoms with Gasteiger partial charge < -0.3 is 4.74 Å². The van der Waals surface area contributed by atoms with Crippen LogP contribution in [0.2, 0.25) is 0 Å². The van der Waals surface area contributed by atoms with Gasteiger partial charge in [-0.05, 0) is 59.0 Å². The van der Waals surface area contributed by atoms with Gasteiger partial charge in [0.15, 0.2) is 0 Å². The number of esters is 1. The van der Waals surface area contributed by atoms with Gasteiger partial charge in [0.05, 0.1) is 18.6 Å². The Morgan fingerprint density at radius 1 is 1.50 bits per heavy atom. The lowest BCUT2D eigenvalue weighted by molar-refractivity contribution is -0.142. The lowest BCUT2D eigenvalue weighted by Crippen LogP contribution is -2.09. The molecule has 0 aliphatic rings. The molecule has 108 valence electrons. The van der Waals surface area contributed by atoms with Crippen LogP contribution in [-0.2, 0) is 16.0 Å². The van der Waals surface area contributed by atoms with Crippen LogP contribution in [0.3, 0.4) is 0 Å². The molecule has 8 heteroatoms. The molecule has 0 amide bonds. The molecule has 0 radical (unpaired) electrons. The number of thioether (sulfide) groups is 1. The maximum atomic E-state index is 12.4. The van der Waals surface area contributed by atoms with Crippen molar-refractivity contribution in [1.29, 1.82) is 5.26 Å². The van der Waals surface area contributed by atoms with E-state index in [1.807, 2.05) is 22.6 Å². The maximum absolute atomic E-state index is 12.4. The van der Waals surface area contributed by atoms with E-state index in [1.54, 1.807) is 13.0 Å². The van der Waals surface area contributed by atoms with Gasteiger partial charge in [-0.15, -0.1) is 0 Å². The highest BCUT2D eigenvalue weighted by molar-refractivity contribution is 14.1. The van der Waals surface area contributed by atoms with Crippen molar-refractivity contribution >= 4 is 40.3 Å². The molecule has 1 rings (SSSR count). The first-order chi connectivity index (χ1) is 9.26. The molecule has 0 unspecified atom stereocenters. The number of carbonyl (C=O) groups is 1. The number of rotatable bonds is 4. The molecule has 0 bridgehead atoms. The van der Waals surface area contributed by atoms with E-state index in [1.165, 1.54) is 12.1 Å². The van der Waals surface area contributed by atoms with E-state index in [0.717, 1.165) is 0 Å². The molecule has 0 aliphatic carbocycles. The fourth-order valence-electron chi connectivity index (χ4n) is 1.39. The van der Waals surface area contributed by atoms with Gasteiger partial charge in [-0.3, -0.25) is 4.79 Å². The third-order valence-corrected chi connectivity index (χ3v) is 3.93. The number of alkyl halides is 3. The largest absolute Gasteiger partial charge is 0.466 e. The van der Waals surface area contributed by atoms with Crippen molar-refractivity contribution in [3.63, 3.8) is 0 Å². The minimum absolute atomic E-state index is 0.0654. The second kappa shape index (κ2) is 7.17. The molecule has 0 N–H and O–H groups in total. The predicted octanol–water partition coefficient (Wildman–Crippen LogP) is 3.88. The van der Waals surface area contributed by atoms with E-state index in [4.69, 9.17) is 10.00 Å². The molecule has 1 aromatic rings. The molecule has 0 fully saturated rings. The van der Waals surface area contributed by atoms with Crippen LogP contribution in [0, 0.1) is 14.9 Å². The zero-order chi connectivity index (χ0) is 15.3. The summed E-state index contributed by atoms with van der Waals surface area (Å²) in [5, 5.41) is 8.87. The Bertz CT molecular complexity index is 555. The SMILES string of the molecule is CCOC(=O)Cc1cc(SC(F)(F)F)c(C#N)cc1I. The quantitative estimate of drug-likeness (QED) is 0.426. The first-order valence-electron chi connectivity index (χ1n) is 5.40. The lowest BCUT2D eigenvalue weighted by Gasteiger charge is -2.11. The Morgan fingerprint density at radius 3 is 2.65 bits per heavy atom. The molecule has 0 saturated heterocycles. The van der Waals surface area contributed by atoms with Gasteiger partial charge in [-0.2, -0.15) is 18.4 Å². The highest BCUT2D eigenvalue weighted by Crippen LogP contribution is 2.39. The summed E-state index contributed by atoms with van der Waals surface area (Å²) in [6.07, 6.45) is -0.122. The molecular weight excluding hydrogens is 406 g/mol. The molecule has 0 aliphatic heterocycles. The number of hydrogen-bond acceptors (Lipinski definition) is 4. The molecule has 0 aromatic heterocycles. The maximum Gasteiger partial charge on any atom is 0.446 e. The molecular formula is C12H9F3INO2S. The van der Waals surface area contributed by atoms with Crippen molar-refractivity contribution in [1.82, 2.24) is 0 Å². The molecule has 0 spiro atoms. The number of hydrogen-bond donors (Lipinski definition) is 0. The zero-order valence-electron chi connectivity index (χ0n) is 10.3. The summed E-state index contributed by atoms with van der Waals surface area (Å²) < 4.78 is 42.6. The van der Waals surface area contributed by atoms with Crippen molar-refractivity contribution in [2.45, 2.75) is 23.7 Å².